The molecule has 0 saturated carbocycles. The Bertz CT molecular complexity index is 750. The van der Waals surface area contributed by atoms with Crippen molar-refractivity contribution in [3.05, 3.63) is 41.4 Å². The summed E-state index contributed by atoms with van der Waals surface area (Å²) in [6.07, 6.45) is 0.671. The minimum Gasteiger partial charge on any atom is -0.449 e. The number of esters is 1. The molecule has 2 aromatic rings. The summed E-state index contributed by atoms with van der Waals surface area (Å²) < 4.78 is 15.1. The van der Waals surface area contributed by atoms with Gasteiger partial charge in [0.05, 0.1) is 17.9 Å². The molecule has 0 saturated heterocycles. The maximum absolute atomic E-state index is 12.4. The maximum atomic E-state index is 12.4. The lowest BCUT2D eigenvalue weighted by Crippen LogP contribution is -2.37. The molecule has 0 spiro atoms. The number of ether oxygens (including phenoxy) is 2. The molecular formula is C17H21N3O5S. The van der Waals surface area contributed by atoms with Crippen LogP contribution in [0.2, 0.25) is 0 Å². The minimum absolute atomic E-state index is 0.300. The largest absolute Gasteiger partial charge is 0.449 e. The number of thioether (sulfide) groups is 1. The summed E-state index contributed by atoms with van der Waals surface area (Å²) in [7, 11) is 1.54. The lowest BCUT2D eigenvalue weighted by Gasteiger charge is -2.14. The summed E-state index contributed by atoms with van der Waals surface area (Å²) in [5.74, 6) is 0.231. The van der Waals surface area contributed by atoms with E-state index in [0.717, 1.165) is 11.5 Å². The van der Waals surface area contributed by atoms with Crippen LogP contribution in [-0.4, -0.2) is 48.4 Å². The van der Waals surface area contributed by atoms with Crippen LogP contribution in [0.25, 0.3) is 0 Å². The van der Waals surface area contributed by atoms with Crippen LogP contribution in [0.15, 0.2) is 33.9 Å². The van der Waals surface area contributed by atoms with E-state index in [1.165, 1.54) is 25.8 Å². The zero-order chi connectivity index (χ0) is 18.9. The number of nitrogens with zero attached hydrogens (tertiary/aromatic N) is 2. The lowest BCUT2D eigenvalue weighted by molar-refractivity contribution is -0.129. The van der Waals surface area contributed by atoms with Crippen LogP contribution >= 0.6 is 11.8 Å². The predicted octanol–water partition coefficient (Wildman–Crippen LogP) is 1.98. The molecule has 8 nitrogen and oxygen atoms in total. The van der Waals surface area contributed by atoms with Crippen molar-refractivity contribution in [2.45, 2.75) is 30.7 Å². The molecule has 0 fully saturated rings. The second kappa shape index (κ2) is 9.93. The quantitative estimate of drug-likeness (QED) is 0.401. The van der Waals surface area contributed by atoms with E-state index < -0.39 is 12.1 Å². The molecule has 1 N–H and O–H groups in total. The monoisotopic (exact) mass is 379 g/mol. The maximum Gasteiger partial charge on any atom is 0.341 e. The van der Waals surface area contributed by atoms with Crippen molar-refractivity contribution >= 4 is 23.6 Å². The number of carbonyl (C=O) groups is 2. The third kappa shape index (κ3) is 5.85. The zero-order valence-corrected chi connectivity index (χ0v) is 15.7. The smallest absolute Gasteiger partial charge is 0.341 e. The molecule has 9 heteroatoms. The van der Waals surface area contributed by atoms with Crippen LogP contribution in [0.4, 0.5) is 0 Å². The highest BCUT2D eigenvalue weighted by atomic mass is 32.2. The summed E-state index contributed by atoms with van der Waals surface area (Å²) in [5, 5.41) is 7.04. The van der Waals surface area contributed by atoms with E-state index >= 15 is 0 Å². The van der Waals surface area contributed by atoms with E-state index in [1.807, 2.05) is 13.0 Å². The van der Waals surface area contributed by atoms with Crippen LogP contribution in [-0.2, 0) is 20.0 Å². The van der Waals surface area contributed by atoms with Gasteiger partial charge in [0.1, 0.15) is 10.8 Å². The Hall–Kier alpha value is -2.39. The van der Waals surface area contributed by atoms with Crippen molar-refractivity contribution in [2.24, 2.45) is 0 Å². The van der Waals surface area contributed by atoms with Gasteiger partial charge in [-0.2, -0.15) is 0 Å². The van der Waals surface area contributed by atoms with Gasteiger partial charge >= 0.3 is 5.97 Å². The fourth-order valence-electron chi connectivity index (χ4n) is 1.99. The van der Waals surface area contributed by atoms with E-state index in [-0.39, 0.29) is 5.91 Å². The van der Waals surface area contributed by atoms with Gasteiger partial charge in [0.25, 0.3) is 5.91 Å². The van der Waals surface area contributed by atoms with E-state index in [0.29, 0.717) is 29.5 Å². The van der Waals surface area contributed by atoms with Crippen LogP contribution in [0.5, 0.6) is 0 Å². The summed E-state index contributed by atoms with van der Waals surface area (Å²) in [5.41, 5.74) is 1.05. The minimum atomic E-state index is -0.921. The third-order valence-corrected chi connectivity index (χ3v) is 4.32. The van der Waals surface area contributed by atoms with Gasteiger partial charge in [0.15, 0.2) is 6.10 Å². The standard InChI is InChI=1S/C17H21N3O5S/c1-11-9-13(20-25-11)10-26-16-14(5-4-6-19-16)17(22)24-12(2)15(21)18-7-8-23-3/h4-6,9,12H,7-8,10H2,1-3H3,(H,18,21)/t12-/m1/s1. The number of amides is 1. The van der Waals surface area contributed by atoms with Crippen LogP contribution in [0.3, 0.4) is 0 Å². The van der Waals surface area contributed by atoms with E-state index in [1.54, 1.807) is 18.3 Å². The molecule has 2 rings (SSSR count). The van der Waals surface area contributed by atoms with E-state index in [4.69, 9.17) is 14.0 Å². The second-order valence-corrected chi connectivity index (χ2v) is 6.37. The first-order valence-electron chi connectivity index (χ1n) is 7.99. The summed E-state index contributed by atoms with van der Waals surface area (Å²) in [6.45, 7) is 4.06. The predicted molar refractivity (Wildman–Crippen MR) is 94.8 cm³/mol. The van der Waals surface area contributed by atoms with Gasteiger partial charge in [0, 0.05) is 31.7 Å². The van der Waals surface area contributed by atoms with Crippen molar-refractivity contribution in [3.8, 4) is 0 Å². The Morgan fingerprint density at radius 1 is 1.42 bits per heavy atom. The molecular weight excluding hydrogens is 358 g/mol. The number of nitrogens with one attached hydrogen (secondary N) is 1. The molecule has 26 heavy (non-hydrogen) atoms. The molecule has 0 unspecified atom stereocenters. The Morgan fingerprint density at radius 2 is 2.23 bits per heavy atom. The van der Waals surface area contributed by atoms with Gasteiger partial charge in [-0.15, -0.1) is 0 Å². The van der Waals surface area contributed by atoms with Crippen LogP contribution in [0, 0.1) is 6.92 Å². The fraction of sp³-hybridized carbons (Fsp3) is 0.412. The highest BCUT2D eigenvalue weighted by molar-refractivity contribution is 7.98. The summed E-state index contributed by atoms with van der Waals surface area (Å²) >= 11 is 1.34. The molecule has 0 bridgehead atoms. The Morgan fingerprint density at radius 3 is 2.92 bits per heavy atom. The normalized spacial score (nSPS) is 11.8. The number of hydrogen-bond acceptors (Lipinski definition) is 8. The first-order valence-corrected chi connectivity index (χ1v) is 8.97. The second-order valence-electron chi connectivity index (χ2n) is 5.41. The van der Waals surface area contributed by atoms with Gasteiger partial charge < -0.3 is 19.3 Å². The van der Waals surface area contributed by atoms with Crippen molar-refractivity contribution < 1.29 is 23.6 Å². The van der Waals surface area contributed by atoms with Gasteiger partial charge in [0.2, 0.25) is 0 Å². The lowest BCUT2D eigenvalue weighted by atomic mass is 10.3. The van der Waals surface area contributed by atoms with Crippen molar-refractivity contribution in [2.75, 3.05) is 20.3 Å². The zero-order valence-electron chi connectivity index (χ0n) is 14.9. The molecule has 140 valence electrons. The number of aromatic nitrogens is 2. The first-order chi connectivity index (χ1) is 12.5. The van der Waals surface area contributed by atoms with Gasteiger partial charge in [-0.25, -0.2) is 9.78 Å². The molecule has 0 aliphatic heterocycles. The molecule has 0 aliphatic carbocycles. The fourth-order valence-corrected chi connectivity index (χ4v) is 2.85. The molecule has 0 aliphatic rings. The van der Waals surface area contributed by atoms with Crippen LogP contribution in [0.1, 0.15) is 28.7 Å². The van der Waals surface area contributed by atoms with Gasteiger partial charge in [-0.3, -0.25) is 4.79 Å². The Labute approximate surface area is 155 Å². The summed E-state index contributed by atoms with van der Waals surface area (Å²) in [6, 6.07) is 5.08. The van der Waals surface area contributed by atoms with Crippen LogP contribution < -0.4 is 5.32 Å². The SMILES string of the molecule is COCCNC(=O)[C@@H](C)OC(=O)c1cccnc1SCc1cc(C)on1. The number of rotatable bonds is 9. The molecule has 2 heterocycles. The molecule has 0 radical (unpaired) electrons. The number of carbonyl (C=O) groups excluding carboxylic acids is 2. The number of pyridine rings is 1. The van der Waals surface area contributed by atoms with Gasteiger partial charge in [-0.05, 0) is 26.0 Å². The highest BCUT2D eigenvalue weighted by Gasteiger charge is 2.21. The van der Waals surface area contributed by atoms with E-state index in [2.05, 4.69) is 15.5 Å². The Kier molecular flexibility index (Phi) is 7.61. The van der Waals surface area contributed by atoms with E-state index in [9.17, 15) is 9.59 Å². The number of hydrogen-bond donors (Lipinski definition) is 1. The molecule has 0 aromatic carbocycles. The molecule has 2 aromatic heterocycles. The number of methoxy groups -OCH3 is 1. The topological polar surface area (TPSA) is 104 Å². The highest BCUT2D eigenvalue weighted by Crippen LogP contribution is 2.24. The van der Waals surface area contributed by atoms with Crippen molar-refractivity contribution in [3.63, 3.8) is 0 Å². The summed E-state index contributed by atoms with van der Waals surface area (Å²) in [4.78, 5) is 28.5. The third-order valence-electron chi connectivity index (χ3n) is 3.28. The number of aryl methyl sites for hydroxylation is 1. The van der Waals surface area contributed by atoms with Crippen molar-refractivity contribution in [1.29, 1.82) is 0 Å². The van der Waals surface area contributed by atoms with Crippen molar-refractivity contribution in [1.82, 2.24) is 15.5 Å². The first kappa shape index (κ1) is 19.9. The molecule has 1 atom stereocenters. The Balaban J connectivity index is 1.96. The average Bonchev–Trinajstić information content (AvgIpc) is 3.05. The average molecular weight is 379 g/mol. The van der Waals surface area contributed by atoms with Gasteiger partial charge in [-0.1, -0.05) is 16.9 Å². The molecule has 1 amide bonds.